The van der Waals surface area contributed by atoms with Gasteiger partial charge in [0.2, 0.25) is 0 Å². The van der Waals surface area contributed by atoms with Gasteiger partial charge in [0.25, 0.3) is 0 Å². The van der Waals surface area contributed by atoms with Crippen molar-refractivity contribution in [2.75, 3.05) is 6.26 Å². The van der Waals surface area contributed by atoms with Crippen LogP contribution in [0, 0.1) is 0 Å². The largest absolute Gasteiger partial charge is 0.455 e. The molecule has 0 fully saturated rings. The van der Waals surface area contributed by atoms with Crippen molar-refractivity contribution < 1.29 is 4.74 Å². The van der Waals surface area contributed by atoms with Gasteiger partial charge >= 0.3 is 0 Å². The Kier molecular flexibility index (Phi) is 4.23. The van der Waals surface area contributed by atoms with Crippen LogP contribution in [0.25, 0.3) is 0 Å². The minimum atomic E-state index is -0.0755. The first-order valence-corrected chi connectivity index (χ1v) is 6.94. The zero-order valence-electron chi connectivity index (χ0n) is 10.5. The molecule has 2 rings (SSSR count). The van der Waals surface area contributed by atoms with Crippen molar-refractivity contribution in [3.8, 4) is 11.5 Å². The van der Waals surface area contributed by atoms with E-state index in [1.54, 1.807) is 24.2 Å². The molecule has 2 N–H and O–H groups in total. The van der Waals surface area contributed by atoms with Crippen LogP contribution in [0.4, 0.5) is 0 Å². The smallest absolute Gasteiger partial charge is 0.150 e. The summed E-state index contributed by atoms with van der Waals surface area (Å²) in [5, 5.41) is 0. The normalized spacial score (nSPS) is 12.2. The Bertz CT molecular complexity index is 511. The van der Waals surface area contributed by atoms with Crippen molar-refractivity contribution in [3.63, 3.8) is 0 Å². The maximum atomic E-state index is 5.90. The molecule has 0 aliphatic carbocycles. The Balaban J connectivity index is 2.22. The molecule has 3 nitrogen and oxygen atoms in total. The summed E-state index contributed by atoms with van der Waals surface area (Å²) in [5.41, 5.74) is 6.86. The molecular weight excluding hydrogens is 244 g/mol. The first kappa shape index (κ1) is 12.9. The van der Waals surface area contributed by atoms with Crippen LogP contribution in [0.5, 0.6) is 11.5 Å². The van der Waals surface area contributed by atoms with E-state index in [0.29, 0.717) is 5.75 Å². The summed E-state index contributed by atoms with van der Waals surface area (Å²) in [6.45, 7) is 1.93. The fourth-order valence-electron chi connectivity index (χ4n) is 1.62. The van der Waals surface area contributed by atoms with Gasteiger partial charge in [0.15, 0.2) is 0 Å². The number of benzene rings is 1. The van der Waals surface area contributed by atoms with Gasteiger partial charge in [-0.3, -0.25) is 4.98 Å². The van der Waals surface area contributed by atoms with Gasteiger partial charge in [-0.25, -0.2) is 0 Å². The Morgan fingerprint density at radius 2 is 1.94 bits per heavy atom. The van der Waals surface area contributed by atoms with E-state index in [0.717, 1.165) is 11.3 Å². The molecule has 1 aromatic carbocycles. The maximum absolute atomic E-state index is 5.90. The number of hydrogen-bond donors (Lipinski definition) is 1. The van der Waals surface area contributed by atoms with Gasteiger partial charge in [-0.05, 0) is 43.5 Å². The van der Waals surface area contributed by atoms with Crippen molar-refractivity contribution >= 4 is 11.8 Å². The van der Waals surface area contributed by atoms with E-state index < -0.39 is 0 Å². The van der Waals surface area contributed by atoms with Crippen molar-refractivity contribution in [2.45, 2.75) is 17.9 Å². The minimum absolute atomic E-state index is 0.0755. The molecule has 94 valence electrons. The highest BCUT2D eigenvalue weighted by molar-refractivity contribution is 7.98. The molecule has 0 amide bonds. The SMILES string of the molecule is CSc1ccc(Oc2cnccc2C(C)N)cc1. The highest BCUT2D eigenvalue weighted by atomic mass is 32.2. The summed E-state index contributed by atoms with van der Waals surface area (Å²) in [4.78, 5) is 5.28. The molecule has 0 radical (unpaired) electrons. The van der Waals surface area contributed by atoms with Crippen LogP contribution in [0.15, 0.2) is 47.6 Å². The number of hydrogen-bond acceptors (Lipinski definition) is 4. The van der Waals surface area contributed by atoms with Gasteiger partial charge in [0.1, 0.15) is 11.5 Å². The van der Waals surface area contributed by atoms with E-state index in [4.69, 9.17) is 10.5 Å². The second kappa shape index (κ2) is 5.89. The van der Waals surface area contributed by atoms with Crippen molar-refractivity contribution in [1.29, 1.82) is 0 Å². The quantitative estimate of drug-likeness (QED) is 0.853. The molecule has 1 atom stereocenters. The first-order chi connectivity index (χ1) is 8.70. The minimum Gasteiger partial charge on any atom is -0.455 e. The van der Waals surface area contributed by atoms with E-state index in [2.05, 4.69) is 4.98 Å². The number of rotatable bonds is 4. The lowest BCUT2D eigenvalue weighted by atomic mass is 10.1. The van der Waals surface area contributed by atoms with Crippen molar-refractivity contribution in [1.82, 2.24) is 4.98 Å². The number of nitrogens with zero attached hydrogens (tertiary/aromatic N) is 1. The summed E-state index contributed by atoms with van der Waals surface area (Å²) in [7, 11) is 0. The van der Waals surface area contributed by atoms with Crippen LogP contribution in [-0.4, -0.2) is 11.2 Å². The van der Waals surface area contributed by atoms with Gasteiger partial charge in [-0.15, -0.1) is 11.8 Å². The van der Waals surface area contributed by atoms with Gasteiger partial charge in [0, 0.05) is 22.7 Å². The van der Waals surface area contributed by atoms with Crippen LogP contribution in [0.2, 0.25) is 0 Å². The van der Waals surface area contributed by atoms with Gasteiger partial charge in [0.05, 0.1) is 6.20 Å². The third kappa shape index (κ3) is 3.03. The summed E-state index contributed by atoms with van der Waals surface area (Å²) < 4.78 is 5.82. The standard InChI is InChI=1S/C14H16N2OS/c1-10(15)13-7-8-16-9-14(13)17-11-3-5-12(18-2)6-4-11/h3-10H,15H2,1-2H3. The predicted octanol–water partition coefficient (Wildman–Crippen LogP) is 3.62. The molecule has 0 aliphatic rings. The van der Waals surface area contributed by atoms with E-state index >= 15 is 0 Å². The summed E-state index contributed by atoms with van der Waals surface area (Å²) in [6.07, 6.45) is 5.47. The van der Waals surface area contributed by atoms with E-state index in [1.165, 1.54) is 4.90 Å². The second-order valence-corrected chi connectivity index (χ2v) is 4.86. The summed E-state index contributed by atoms with van der Waals surface area (Å²) in [5.74, 6) is 1.51. The molecule has 0 spiro atoms. The first-order valence-electron chi connectivity index (χ1n) is 5.72. The topological polar surface area (TPSA) is 48.1 Å². The predicted molar refractivity (Wildman–Crippen MR) is 75.1 cm³/mol. The van der Waals surface area contributed by atoms with Gasteiger partial charge in [-0.1, -0.05) is 0 Å². The number of aromatic nitrogens is 1. The fraction of sp³-hybridized carbons (Fsp3) is 0.214. The molecule has 1 aromatic heterocycles. The highest BCUT2D eigenvalue weighted by Crippen LogP contribution is 2.28. The van der Waals surface area contributed by atoms with E-state index in [-0.39, 0.29) is 6.04 Å². The lowest BCUT2D eigenvalue weighted by Gasteiger charge is -2.13. The van der Waals surface area contributed by atoms with Gasteiger partial charge in [-0.2, -0.15) is 0 Å². The van der Waals surface area contributed by atoms with Crippen LogP contribution < -0.4 is 10.5 Å². The fourth-order valence-corrected chi connectivity index (χ4v) is 2.03. The molecule has 4 heteroatoms. The zero-order valence-corrected chi connectivity index (χ0v) is 11.3. The molecular formula is C14H16N2OS. The Morgan fingerprint density at radius 3 is 2.56 bits per heavy atom. The molecule has 1 unspecified atom stereocenters. The van der Waals surface area contributed by atoms with Crippen LogP contribution in [-0.2, 0) is 0 Å². The maximum Gasteiger partial charge on any atom is 0.150 e. The molecule has 2 aromatic rings. The second-order valence-electron chi connectivity index (χ2n) is 3.98. The molecule has 0 bridgehead atoms. The van der Waals surface area contributed by atoms with Gasteiger partial charge < -0.3 is 10.5 Å². The lowest BCUT2D eigenvalue weighted by Crippen LogP contribution is -2.06. The number of nitrogens with two attached hydrogens (primary N) is 1. The van der Waals surface area contributed by atoms with Crippen molar-refractivity contribution in [3.05, 3.63) is 48.3 Å². The summed E-state index contributed by atoms with van der Waals surface area (Å²) >= 11 is 1.70. The van der Waals surface area contributed by atoms with Crippen LogP contribution in [0.1, 0.15) is 18.5 Å². The Morgan fingerprint density at radius 1 is 1.22 bits per heavy atom. The number of ether oxygens (including phenoxy) is 1. The summed E-state index contributed by atoms with van der Waals surface area (Å²) in [6, 6.07) is 9.77. The number of pyridine rings is 1. The third-order valence-corrected chi connectivity index (χ3v) is 3.34. The average Bonchev–Trinajstić information content (AvgIpc) is 2.40. The molecule has 18 heavy (non-hydrogen) atoms. The molecule has 1 heterocycles. The molecule has 0 saturated heterocycles. The van der Waals surface area contributed by atoms with E-state index in [9.17, 15) is 0 Å². The van der Waals surface area contributed by atoms with Crippen molar-refractivity contribution in [2.24, 2.45) is 5.73 Å². The Labute approximate surface area is 111 Å². The lowest BCUT2D eigenvalue weighted by molar-refractivity contribution is 0.469. The average molecular weight is 260 g/mol. The molecule has 0 aliphatic heterocycles. The monoisotopic (exact) mass is 260 g/mol. The molecule has 0 saturated carbocycles. The number of thioether (sulfide) groups is 1. The van der Waals surface area contributed by atoms with Crippen LogP contribution >= 0.6 is 11.8 Å². The highest BCUT2D eigenvalue weighted by Gasteiger charge is 2.08. The zero-order chi connectivity index (χ0) is 13.0. The van der Waals surface area contributed by atoms with Crippen LogP contribution in [0.3, 0.4) is 0 Å². The Hall–Kier alpha value is -1.52. The third-order valence-electron chi connectivity index (χ3n) is 2.59. The van der Waals surface area contributed by atoms with E-state index in [1.807, 2.05) is 43.5 Å².